The molecule has 1 amide bonds. The van der Waals surface area contributed by atoms with Crippen LogP contribution in [0.3, 0.4) is 0 Å². The van der Waals surface area contributed by atoms with Crippen molar-refractivity contribution in [1.29, 1.82) is 0 Å². The second-order valence-electron chi connectivity index (χ2n) is 4.89. The fraction of sp³-hybridized carbons (Fsp3) is 0.375. The summed E-state index contributed by atoms with van der Waals surface area (Å²) in [5, 5.41) is 2.82. The average Bonchev–Trinajstić information content (AvgIpc) is 2.49. The maximum absolute atomic E-state index is 11.6. The molecule has 0 aromatic heterocycles. The first-order chi connectivity index (χ1) is 10.0. The quantitative estimate of drug-likeness (QED) is 0.470. The maximum atomic E-state index is 11.6. The first-order valence-electron chi connectivity index (χ1n) is 6.82. The summed E-state index contributed by atoms with van der Waals surface area (Å²) in [6.07, 6.45) is 4.12. The highest BCUT2D eigenvalue weighted by Crippen LogP contribution is 2.07. The molecule has 5 nitrogen and oxygen atoms in total. The molecule has 0 bridgehead atoms. The van der Waals surface area contributed by atoms with Gasteiger partial charge in [0.1, 0.15) is 0 Å². The molecule has 1 N–H and O–H groups in total. The molecular weight excluding hydrogens is 268 g/mol. The Balaban J connectivity index is 2.41. The van der Waals surface area contributed by atoms with Gasteiger partial charge in [-0.2, -0.15) is 0 Å². The SMILES string of the molecule is COC(=O)c1ccc(C=CC(=O)NCCCN(C)C)cc1. The molecule has 1 aromatic carbocycles. The minimum Gasteiger partial charge on any atom is -0.465 e. The van der Waals surface area contributed by atoms with Gasteiger partial charge in [0.25, 0.3) is 0 Å². The van der Waals surface area contributed by atoms with Gasteiger partial charge in [-0.3, -0.25) is 4.79 Å². The summed E-state index contributed by atoms with van der Waals surface area (Å²) in [6.45, 7) is 1.60. The van der Waals surface area contributed by atoms with E-state index in [4.69, 9.17) is 0 Å². The van der Waals surface area contributed by atoms with Gasteiger partial charge in [-0.25, -0.2) is 4.79 Å². The lowest BCUT2D eigenvalue weighted by molar-refractivity contribution is -0.116. The minimum absolute atomic E-state index is 0.120. The summed E-state index contributed by atoms with van der Waals surface area (Å²) in [5.41, 5.74) is 1.34. The number of ether oxygens (including phenoxy) is 1. The van der Waals surface area contributed by atoms with Gasteiger partial charge in [0.15, 0.2) is 0 Å². The highest BCUT2D eigenvalue weighted by Gasteiger charge is 2.03. The summed E-state index contributed by atoms with van der Waals surface area (Å²) in [7, 11) is 5.34. The van der Waals surface area contributed by atoms with Crippen molar-refractivity contribution in [2.24, 2.45) is 0 Å². The number of nitrogens with one attached hydrogen (secondary N) is 1. The zero-order valence-corrected chi connectivity index (χ0v) is 12.8. The van der Waals surface area contributed by atoms with Crippen molar-refractivity contribution in [1.82, 2.24) is 10.2 Å². The van der Waals surface area contributed by atoms with E-state index >= 15 is 0 Å². The first kappa shape index (κ1) is 16.9. The number of benzene rings is 1. The molecule has 21 heavy (non-hydrogen) atoms. The van der Waals surface area contributed by atoms with Crippen LogP contribution in [-0.4, -0.2) is 51.1 Å². The molecule has 0 aliphatic heterocycles. The number of methoxy groups -OCH3 is 1. The summed E-state index contributed by atoms with van der Waals surface area (Å²) < 4.78 is 4.62. The van der Waals surface area contributed by atoms with Crippen molar-refractivity contribution in [3.05, 3.63) is 41.5 Å². The standard InChI is InChI=1S/C16H22N2O3/c1-18(2)12-4-11-17-15(19)10-7-13-5-8-14(9-6-13)16(20)21-3/h5-10H,4,11-12H2,1-3H3,(H,17,19). The van der Waals surface area contributed by atoms with Gasteiger partial charge in [0.2, 0.25) is 5.91 Å². The average molecular weight is 290 g/mol. The molecule has 0 heterocycles. The van der Waals surface area contributed by atoms with Gasteiger partial charge >= 0.3 is 5.97 Å². The zero-order chi connectivity index (χ0) is 15.7. The Morgan fingerprint density at radius 3 is 2.48 bits per heavy atom. The topological polar surface area (TPSA) is 58.6 Å². The van der Waals surface area contributed by atoms with Gasteiger partial charge < -0.3 is 15.0 Å². The Labute approximate surface area is 125 Å². The third-order valence-electron chi connectivity index (χ3n) is 2.84. The molecule has 1 aromatic rings. The molecule has 0 fully saturated rings. The van der Waals surface area contributed by atoms with Crippen LogP contribution in [0.5, 0.6) is 0 Å². The van der Waals surface area contributed by atoms with E-state index in [0.29, 0.717) is 12.1 Å². The summed E-state index contributed by atoms with van der Waals surface area (Å²) >= 11 is 0. The highest BCUT2D eigenvalue weighted by atomic mass is 16.5. The third kappa shape index (κ3) is 6.72. The van der Waals surface area contributed by atoms with Crippen LogP contribution < -0.4 is 5.32 Å². The molecule has 1 rings (SSSR count). The number of hydrogen-bond donors (Lipinski definition) is 1. The number of nitrogens with zero attached hydrogens (tertiary/aromatic N) is 1. The molecule has 0 unspecified atom stereocenters. The monoisotopic (exact) mass is 290 g/mol. The molecule has 0 radical (unpaired) electrons. The number of esters is 1. The lowest BCUT2D eigenvalue weighted by atomic mass is 10.1. The predicted octanol–water partition coefficient (Wildman–Crippen LogP) is 1.55. The Morgan fingerprint density at radius 1 is 1.24 bits per heavy atom. The van der Waals surface area contributed by atoms with E-state index in [1.165, 1.54) is 13.2 Å². The van der Waals surface area contributed by atoms with Gasteiger partial charge in [0.05, 0.1) is 12.7 Å². The van der Waals surface area contributed by atoms with Crippen molar-refractivity contribution in [3.8, 4) is 0 Å². The van der Waals surface area contributed by atoms with E-state index in [1.807, 2.05) is 14.1 Å². The Bertz CT molecular complexity index is 493. The number of carbonyl (C=O) groups is 2. The van der Waals surface area contributed by atoms with E-state index in [1.54, 1.807) is 30.3 Å². The van der Waals surface area contributed by atoms with E-state index in [2.05, 4.69) is 15.0 Å². The first-order valence-corrected chi connectivity index (χ1v) is 6.82. The van der Waals surface area contributed by atoms with Gasteiger partial charge in [0, 0.05) is 12.6 Å². The number of rotatable bonds is 7. The minimum atomic E-state index is -0.371. The molecule has 0 aliphatic rings. The fourth-order valence-electron chi connectivity index (χ4n) is 1.69. The van der Waals surface area contributed by atoms with Gasteiger partial charge in [-0.15, -0.1) is 0 Å². The summed E-state index contributed by atoms with van der Waals surface area (Å²) in [6, 6.07) is 6.87. The van der Waals surface area contributed by atoms with Crippen molar-refractivity contribution in [2.45, 2.75) is 6.42 Å². The van der Waals surface area contributed by atoms with Crippen molar-refractivity contribution >= 4 is 18.0 Å². The van der Waals surface area contributed by atoms with Crippen LogP contribution in [-0.2, 0) is 9.53 Å². The summed E-state index contributed by atoms with van der Waals surface area (Å²) in [4.78, 5) is 24.9. The van der Waals surface area contributed by atoms with E-state index in [-0.39, 0.29) is 11.9 Å². The van der Waals surface area contributed by atoms with Crippen LogP contribution >= 0.6 is 0 Å². The molecule has 5 heteroatoms. The van der Waals surface area contributed by atoms with Crippen LogP contribution in [0.2, 0.25) is 0 Å². The molecule has 114 valence electrons. The fourth-order valence-corrected chi connectivity index (χ4v) is 1.69. The highest BCUT2D eigenvalue weighted by molar-refractivity contribution is 5.92. The van der Waals surface area contributed by atoms with Crippen molar-refractivity contribution in [2.75, 3.05) is 34.3 Å². The largest absolute Gasteiger partial charge is 0.465 e. The molecular formula is C16H22N2O3. The van der Waals surface area contributed by atoms with Crippen LogP contribution in [0.25, 0.3) is 6.08 Å². The molecule has 0 saturated carbocycles. The lowest BCUT2D eigenvalue weighted by Crippen LogP contribution is -2.25. The van der Waals surface area contributed by atoms with Crippen molar-refractivity contribution in [3.63, 3.8) is 0 Å². The van der Waals surface area contributed by atoms with Crippen LogP contribution in [0.4, 0.5) is 0 Å². The molecule has 0 saturated heterocycles. The van der Waals surface area contributed by atoms with E-state index < -0.39 is 0 Å². The normalized spacial score (nSPS) is 10.9. The lowest BCUT2D eigenvalue weighted by Gasteiger charge is -2.08. The number of amides is 1. The Hall–Kier alpha value is -2.14. The smallest absolute Gasteiger partial charge is 0.337 e. The van der Waals surface area contributed by atoms with Crippen LogP contribution in [0, 0.1) is 0 Å². The van der Waals surface area contributed by atoms with Gasteiger partial charge in [-0.1, -0.05) is 12.1 Å². The summed E-state index contributed by atoms with van der Waals surface area (Å²) in [5.74, 6) is -0.491. The van der Waals surface area contributed by atoms with Gasteiger partial charge in [-0.05, 0) is 50.8 Å². The van der Waals surface area contributed by atoms with Crippen LogP contribution in [0.1, 0.15) is 22.3 Å². The predicted molar refractivity (Wildman–Crippen MR) is 83.0 cm³/mol. The maximum Gasteiger partial charge on any atom is 0.337 e. The number of carbonyl (C=O) groups excluding carboxylic acids is 2. The van der Waals surface area contributed by atoms with Crippen LogP contribution in [0.15, 0.2) is 30.3 Å². The molecule has 0 atom stereocenters. The van der Waals surface area contributed by atoms with Crippen molar-refractivity contribution < 1.29 is 14.3 Å². The van der Waals surface area contributed by atoms with E-state index in [9.17, 15) is 9.59 Å². The number of hydrogen-bond acceptors (Lipinski definition) is 4. The Morgan fingerprint density at radius 2 is 1.90 bits per heavy atom. The zero-order valence-electron chi connectivity index (χ0n) is 12.8. The second kappa shape index (κ2) is 8.92. The molecule has 0 spiro atoms. The Kier molecular flexibility index (Phi) is 7.18. The second-order valence-corrected chi connectivity index (χ2v) is 4.89. The van der Waals surface area contributed by atoms with E-state index in [0.717, 1.165) is 18.5 Å². The molecule has 0 aliphatic carbocycles. The third-order valence-corrected chi connectivity index (χ3v) is 2.84.